The molecule has 0 atom stereocenters. The van der Waals surface area contributed by atoms with Crippen molar-refractivity contribution < 1.29 is 4.74 Å². The molecule has 2 N–H and O–H groups in total. The first-order chi connectivity index (χ1) is 7.72. The van der Waals surface area contributed by atoms with E-state index in [1.807, 2.05) is 6.92 Å². The molecular formula is C11H20N4O. The number of aryl methyl sites for hydroxylation is 1. The Labute approximate surface area is 96.6 Å². The third-order valence-electron chi connectivity index (χ3n) is 2.52. The average molecular weight is 224 g/mol. The molecule has 0 unspecified atom stereocenters. The molecule has 0 spiro atoms. The van der Waals surface area contributed by atoms with Crippen LogP contribution in [0.3, 0.4) is 0 Å². The minimum atomic E-state index is 0.482. The molecule has 1 aromatic heterocycles. The fourth-order valence-electron chi connectivity index (χ4n) is 1.43. The van der Waals surface area contributed by atoms with Gasteiger partial charge < -0.3 is 15.4 Å². The Hall–Kier alpha value is -1.20. The van der Waals surface area contributed by atoms with Gasteiger partial charge >= 0.3 is 0 Å². The van der Waals surface area contributed by atoms with Crippen LogP contribution in [0.5, 0.6) is 0 Å². The van der Waals surface area contributed by atoms with Crippen LogP contribution in [0.1, 0.15) is 18.2 Å². The zero-order valence-electron chi connectivity index (χ0n) is 10.2. The number of nitrogens with zero attached hydrogens (tertiary/aromatic N) is 3. The van der Waals surface area contributed by atoms with Crippen molar-refractivity contribution in [2.24, 2.45) is 5.73 Å². The minimum Gasteiger partial charge on any atom is -0.383 e. The molecular weight excluding hydrogens is 204 g/mol. The lowest BCUT2D eigenvalue weighted by Crippen LogP contribution is -2.29. The monoisotopic (exact) mass is 224 g/mol. The van der Waals surface area contributed by atoms with Gasteiger partial charge in [-0.15, -0.1) is 0 Å². The van der Waals surface area contributed by atoms with E-state index in [0.29, 0.717) is 13.2 Å². The van der Waals surface area contributed by atoms with E-state index in [4.69, 9.17) is 10.5 Å². The molecule has 1 aromatic rings. The highest BCUT2D eigenvalue weighted by Gasteiger charge is 2.08. The van der Waals surface area contributed by atoms with Crippen LogP contribution >= 0.6 is 0 Å². The number of anilines is 1. The van der Waals surface area contributed by atoms with Crippen molar-refractivity contribution in [1.29, 1.82) is 0 Å². The summed E-state index contributed by atoms with van der Waals surface area (Å²) in [5.74, 6) is 0.745. The molecule has 0 bridgehead atoms. The van der Waals surface area contributed by atoms with Gasteiger partial charge in [-0.3, -0.25) is 0 Å². The van der Waals surface area contributed by atoms with Crippen molar-refractivity contribution in [3.8, 4) is 0 Å². The zero-order valence-corrected chi connectivity index (χ0v) is 10.2. The molecule has 5 heteroatoms. The molecule has 0 radical (unpaired) electrons. The molecule has 90 valence electrons. The van der Waals surface area contributed by atoms with Gasteiger partial charge in [-0.05, 0) is 13.8 Å². The van der Waals surface area contributed by atoms with Crippen LogP contribution in [-0.2, 0) is 11.3 Å². The van der Waals surface area contributed by atoms with Crippen LogP contribution in [0.4, 0.5) is 5.95 Å². The highest BCUT2D eigenvalue weighted by Crippen LogP contribution is 2.10. The molecule has 16 heavy (non-hydrogen) atoms. The largest absolute Gasteiger partial charge is 0.383 e. The fourth-order valence-corrected chi connectivity index (χ4v) is 1.43. The first-order valence-electron chi connectivity index (χ1n) is 5.49. The van der Waals surface area contributed by atoms with Gasteiger partial charge in [-0.2, -0.15) is 0 Å². The van der Waals surface area contributed by atoms with E-state index < -0.39 is 0 Å². The molecule has 0 saturated heterocycles. The van der Waals surface area contributed by atoms with Gasteiger partial charge in [0.2, 0.25) is 5.95 Å². The summed E-state index contributed by atoms with van der Waals surface area (Å²) in [6.45, 7) is 6.85. The van der Waals surface area contributed by atoms with Gasteiger partial charge in [0.1, 0.15) is 0 Å². The van der Waals surface area contributed by atoms with Gasteiger partial charge in [-0.25, -0.2) is 9.97 Å². The van der Waals surface area contributed by atoms with E-state index in [-0.39, 0.29) is 0 Å². The topological polar surface area (TPSA) is 64.3 Å². The van der Waals surface area contributed by atoms with E-state index in [0.717, 1.165) is 30.3 Å². The summed E-state index contributed by atoms with van der Waals surface area (Å²) < 4.78 is 5.05. The van der Waals surface area contributed by atoms with Crippen molar-refractivity contribution in [2.45, 2.75) is 20.4 Å². The number of hydrogen-bond acceptors (Lipinski definition) is 5. The maximum atomic E-state index is 5.58. The van der Waals surface area contributed by atoms with Crippen LogP contribution < -0.4 is 10.6 Å². The summed E-state index contributed by atoms with van der Waals surface area (Å²) in [7, 11) is 1.69. The van der Waals surface area contributed by atoms with E-state index in [2.05, 4.69) is 21.8 Å². The average Bonchev–Trinajstić information content (AvgIpc) is 2.30. The molecule has 1 heterocycles. The predicted molar refractivity (Wildman–Crippen MR) is 64.4 cm³/mol. The van der Waals surface area contributed by atoms with Gasteiger partial charge in [0, 0.05) is 44.2 Å². The fraction of sp³-hybridized carbons (Fsp3) is 0.636. The lowest BCUT2D eigenvalue weighted by atomic mass is 10.2. The molecule has 0 aliphatic carbocycles. The maximum Gasteiger partial charge on any atom is 0.225 e. The summed E-state index contributed by atoms with van der Waals surface area (Å²) in [5.41, 5.74) is 7.52. The van der Waals surface area contributed by atoms with Crippen LogP contribution in [0, 0.1) is 6.92 Å². The highest BCUT2D eigenvalue weighted by molar-refractivity contribution is 5.32. The molecule has 5 nitrogen and oxygen atoms in total. The van der Waals surface area contributed by atoms with E-state index >= 15 is 0 Å². The Bertz CT molecular complexity index is 330. The van der Waals surface area contributed by atoms with Crippen LogP contribution in [-0.4, -0.2) is 36.8 Å². The molecule has 0 aromatic carbocycles. The summed E-state index contributed by atoms with van der Waals surface area (Å²) in [6.07, 6.45) is 1.80. The standard InChI is InChI=1S/C11H20N4O/c1-4-15(5-6-16-3)11-13-8-10(7-12)9(2)14-11/h8H,4-7,12H2,1-3H3. The van der Waals surface area contributed by atoms with Crippen LogP contribution in [0.2, 0.25) is 0 Å². The van der Waals surface area contributed by atoms with E-state index in [9.17, 15) is 0 Å². The summed E-state index contributed by atoms with van der Waals surface area (Å²) in [5, 5.41) is 0. The van der Waals surface area contributed by atoms with Gasteiger partial charge in [0.05, 0.1) is 6.61 Å². The Morgan fingerprint density at radius 3 is 2.75 bits per heavy atom. The van der Waals surface area contributed by atoms with Crippen molar-refractivity contribution >= 4 is 5.95 Å². The van der Waals surface area contributed by atoms with E-state index in [1.54, 1.807) is 13.3 Å². The molecule has 1 rings (SSSR count). The van der Waals surface area contributed by atoms with Crippen molar-refractivity contribution in [2.75, 3.05) is 31.7 Å². The van der Waals surface area contributed by atoms with Crippen molar-refractivity contribution in [1.82, 2.24) is 9.97 Å². The summed E-state index contributed by atoms with van der Waals surface area (Å²) in [4.78, 5) is 10.8. The number of aromatic nitrogens is 2. The maximum absolute atomic E-state index is 5.58. The second-order valence-corrected chi connectivity index (χ2v) is 3.56. The third-order valence-corrected chi connectivity index (χ3v) is 2.52. The Balaban J connectivity index is 2.80. The molecule has 0 aliphatic heterocycles. The number of hydrogen-bond donors (Lipinski definition) is 1. The Morgan fingerprint density at radius 1 is 1.50 bits per heavy atom. The molecule has 0 fully saturated rings. The van der Waals surface area contributed by atoms with Crippen molar-refractivity contribution in [3.05, 3.63) is 17.5 Å². The van der Waals surface area contributed by atoms with Gasteiger partial charge in [-0.1, -0.05) is 0 Å². The predicted octanol–water partition coefficient (Wildman–Crippen LogP) is 0.716. The number of rotatable bonds is 6. The van der Waals surface area contributed by atoms with Crippen LogP contribution in [0.15, 0.2) is 6.20 Å². The second-order valence-electron chi connectivity index (χ2n) is 3.56. The van der Waals surface area contributed by atoms with Crippen LogP contribution in [0.25, 0.3) is 0 Å². The number of nitrogens with two attached hydrogens (primary N) is 1. The normalized spacial score (nSPS) is 10.5. The molecule has 0 amide bonds. The van der Waals surface area contributed by atoms with Gasteiger partial charge in [0.15, 0.2) is 0 Å². The number of likely N-dealkylation sites (N-methyl/N-ethyl adjacent to an activating group) is 1. The van der Waals surface area contributed by atoms with Crippen molar-refractivity contribution in [3.63, 3.8) is 0 Å². The lowest BCUT2D eigenvalue weighted by molar-refractivity contribution is 0.205. The third kappa shape index (κ3) is 3.15. The smallest absolute Gasteiger partial charge is 0.225 e. The van der Waals surface area contributed by atoms with Gasteiger partial charge in [0.25, 0.3) is 0 Å². The quantitative estimate of drug-likeness (QED) is 0.771. The SMILES string of the molecule is CCN(CCOC)c1ncc(CN)c(C)n1. The minimum absolute atomic E-state index is 0.482. The number of methoxy groups -OCH3 is 1. The number of ether oxygens (including phenoxy) is 1. The first kappa shape index (κ1) is 12.9. The lowest BCUT2D eigenvalue weighted by Gasteiger charge is -2.20. The second kappa shape index (κ2) is 6.40. The molecule has 0 aliphatic rings. The zero-order chi connectivity index (χ0) is 12.0. The summed E-state index contributed by atoms with van der Waals surface area (Å²) in [6, 6.07) is 0. The van der Waals surface area contributed by atoms with E-state index in [1.165, 1.54) is 0 Å². The molecule has 0 saturated carbocycles. The first-order valence-corrected chi connectivity index (χ1v) is 5.49. The highest BCUT2D eigenvalue weighted by atomic mass is 16.5. The Morgan fingerprint density at radius 2 is 2.25 bits per heavy atom. The Kier molecular flexibility index (Phi) is 5.14. The summed E-state index contributed by atoms with van der Waals surface area (Å²) >= 11 is 0.